The van der Waals surface area contributed by atoms with E-state index >= 15 is 0 Å². The molecule has 2 aliphatic rings. The van der Waals surface area contributed by atoms with Crippen LogP contribution in [-0.4, -0.2) is 0 Å². The predicted molar refractivity (Wildman–Crippen MR) is 83.5 cm³/mol. The zero-order valence-corrected chi connectivity index (χ0v) is 11.5. The molecule has 1 saturated carbocycles. The maximum atomic E-state index is 4.49. The number of benzene rings is 2. The molecule has 98 valence electrons. The smallest absolute Gasteiger partial charge is 0.0477 e. The van der Waals surface area contributed by atoms with Gasteiger partial charge in [0.15, 0.2) is 0 Å². The van der Waals surface area contributed by atoms with Gasteiger partial charge in [0.05, 0.1) is 0 Å². The van der Waals surface area contributed by atoms with E-state index in [1.807, 2.05) is 0 Å². The first-order valence-corrected chi connectivity index (χ1v) is 7.32. The summed E-state index contributed by atoms with van der Waals surface area (Å²) < 4.78 is 0. The molecule has 0 N–H and O–H groups in total. The lowest BCUT2D eigenvalue weighted by Gasteiger charge is -2.38. The van der Waals surface area contributed by atoms with Crippen molar-refractivity contribution >= 4 is 0 Å². The molecule has 0 heteroatoms. The van der Waals surface area contributed by atoms with Crippen molar-refractivity contribution < 1.29 is 0 Å². The van der Waals surface area contributed by atoms with Gasteiger partial charge >= 0.3 is 0 Å². The second kappa shape index (κ2) is 4.21. The standard InChI is InChI=1S/C20H18/c1-15-16-12-13-19(14-16)20(15,17-8-4-2-5-9-17)18-10-6-3-7-11-18/h2-13,16,19H,1,14H2/t16-,19+/m0/s1. The second-order valence-corrected chi connectivity index (χ2v) is 5.90. The van der Waals surface area contributed by atoms with Crippen molar-refractivity contribution in [2.45, 2.75) is 11.8 Å². The van der Waals surface area contributed by atoms with Crippen molar-refractivity contribution in [3.05, 3.63) is 96.1 Å². The summed E-state index contributed by atoms with van der Waals surface area (Å²) in [5.74, 6) is 1.09. The average Bonchev–Trinajstić information content (AvgIpc) is 3.10. The van der Waals surface area contributed by atoms with Crippen LogP contribution in [0.5, 0.6) is 0 Å². The Hall–Kier alpha value is -2.08. The van der Waals surface area contributed by atoms with Gasteiger partial charge < -0.3 is 0 Å². The third-order valence-corrected chi connectivity index (χ3v) is 5.05. The van der Waals surface area contributed by atoms with E-state index < -0.39 is 0 Å². The summed E-state index contributed by atoms with van der Waals surface area (Å²) >= 11 is 0. The van der Waals surface area contributed by atoms with Crippen LogP contribution in [0.2, 0.25) is 0 Å². The maximum absolute atomic E-state index is 4.49. The molecule has 0 heterocycles. The highest BCUT2D eigenvalue weighted by Crippen LogP contribution is 2.59. The van der Waals surface area contributed by atoms with Crippen molar-refractivity contribution in [3.63, 3.8) is 0 Å². The van der Waals surface area contributed by atoms with Crippen LogP contribution < -0.4 is 0 Å². The molecule has 0 nitrogen and oxygen atoms in total. The summed E-state index contributed by atoms with van der Waals surface area (Å²) in [5.41, 5.74) is 4.10. The van der Waals surface area contributed by atoms with E-state index in [-0.39, 0.29) is 5.41 Å². The largest absolute Gasteiger partial charge is 0.0980 e. The number of hydrogen-bond donors (Lipinski definition) is 0. The van der Waals surface area contributed by atoms with Crippen LogP contribution in [0.15, 0.2) is 85.0 Å². The van der Waals surface area contributed by atoms with Gasteiger partial charge in [-0.3, -0.25) is 0 Å². The van der Waals surface area contributed by atoms with E-state index in [2.05, 4.69) is 79.4 Å². The van der Waals surface area contributed by atoms with Gasteiger partial charge in [0, 0.05) is 5.41 Å². The van der Waals surface area contributed by atoms with E-state index in [9.17, 15) is 0 Å². The number of rotatable bonds is 2. The van der Waals surface area contributed by atoms with Gasteiger partial charge in [-0.1, -0.05) is 85.0 Å². The molecule has 2 atom stereocenters. The van der Waals surface area contributed by atoms with Crippen LogP contribution in [-0.2, 0) is 5.41 Å². The Bertz CT molecular complexity index is 624. The Balaban J connectivity index is 2.00. The first kappa shape index (κ1) is 11.7. The van der Waals surface area contributed by atoms with Gasteiger partial charge in [-0.25, -0.2) is 0 Å². The van der Waals surface area contributed by atoms with Crippen LogP contribution in [0.25, 0.3) is 0 Å². The highest BCUT2D eigenvalue weighted by molar-refractivity contribution is 5.56. The summed E-state index contributed by atoms with van der Waals surface area (Å²) in [6, 6.07) is 21.8. The van der Waals surface area contributed by atoms with Gasteiger partial charge in [-0.2, -0.15) is 0 Å². The molecule has 1 fully saturated rings. The fraction of sp³-hybridized carbons (Fsp3) is 0.200. The molecular formula is C20H18. The molecule has 0 saturated heterocycles. The van der Waals surface area contributed by atoms with E-state index in [1.165, 1.54) is 23.1 Å². The van der Waals surface area contributed by atoms with Crippen LogP contribution in [0.3, 0.4) is 0 Å². The van der Waals surface area contributed by atoms with Crippen LogP contribution in [0, 0.1) is 11.8 Å². The molecule has 2 aromatic rings. The van der Waals surface area contributed by atoms with Crippen LogP contribution >= 0.6 is 0 Å². The molecule has 2 aromatic carbocycles. The maximum Gasteiger partial charge on any atom is 0.0477 e. The molecule has 2 bridgehead atoms. The fourth-order valence-corrected chi connectivity index (χ4v) is 4.18. The Morgan fingerprint density at radius 1 is 0.800 bits per heavy atom. The van der Waals surface area contributed by atoms with Crippen molar-refractivity contribution in [1.29, 1.82) is 0 Å². The summed E-state index contributed by atoms with van der Waals surface area (Å²) in [7, 11) is 0. The topological polar surface area (TPSA) is 0 Å². The molecule has 0 aromatic heterocycles. The average molecular weight is 258 g/mol. The molecule has 4 rings (SSSR count). The van der Waals surface area contributed by atoms with Gasteiger partial charge in [0.25, 0.3) is 0 Å². The SMILES string of the molecule is C=C1[C@H]2C=C[C@H](C2)C1(c1ccccc1)c1ccccc1. The lowest BCUT2D eigenvalue weighted by Crippen LogP contribution is -2.34. The number of allylic oxidation sites excluding steroid dienone is 3. The predicted octanol–water partition coefficient (Wildman–Crippen LogP) is 4.73. The van der Waals surface area contributed by atoms with E-state index in [1.54, 1.807) is 0 Å². The van der Waals surface area contributed by atoms with Crippen molar-refractivity contribution in [1.82, 2.24) is 0 Å². The second-order valence-electron chi connectivity index (χ2n) is 5.90. The Labute approximate surface area is 120 Å². The minimum Gasteiger partial charge on any atom is -0.0980 e. The highest BCUT2D eigenvalue weighted by Gasteiger charge is 2.53. The Morgan fingerprint density at radius 3 is 1.80 bits per heavy atom. The molecule has 0 radical (unpaired) electrons. The van der Waals surface area contributed by atoms with Gasteiger partial charge in [-0.05, 0) is 29.4 Å². The van der Waals surface area contributed by atoms with Crippen molar-refractivity contribution in [2.24, 2.45) is 11.8 Å². The van der Waals surface area contributed by atoms with Gasteiger partial charge in [0.1, 0.15) is 0 Å². The minimum absolute atomic E-state index is 0.0259. The Kier molecular flexibility index (Phi) is 2.47. The van der Waals surface area contributed by atoms with Crippen LogP contribution in [0.4, 0.5) is 0 Å². The summed E-state index contributed by atoms with van der Waals surface area (Å²) in [6.07, 6.45) is 5.96. The van der Waals surface area contributed by atoms with Crippen molar-refractivity contribution in [3.8, 4) is 0 Å². The molecule has 20 heavy (non-hydrogen) atoms. The van der Waals surface area contributed by atoms with E-state index in [0.717, 1.165) is 0 Å². The highest BCUT2D eigenvalue weighted by atomic mass is 14.5. The first-order valence-electron chi connectivity index (χ1n) is 7.32. The molecule has 0 spiro atoms. The van der Waals surface area contributed by atoms with Gasteiger partial charge in [0.2, 0.25) is 0 Å². The monoisotopic (exact) mass is 258 g/mol. The molecular weight excluding hydrogens is 240 g/mol. The summed E-state index contributed by atoms with van der Waals surface area (Å²) in [6.45, 7) is 4.49. The van der Waals surface area contributed by atoms with Gasteiger partial charge in [-0.15, -0.1) is 0 Å². The zero-order chi connectivity index (χ0) is 13.6. The normalized spacial score (nSPS) is 26.1. The lowest BCUT2D eigenvalue weighted by molar-refractivity contribution is 0.500. The summed E-state index contributed by atoms with van der Waals surface area (Å²) in [5, 5.41) is 0. The zero-order valence-electron chi connectivity index (χ0n) is 11.5. The van der Waals surface area contributed by atoms with E-state index in [0.29, 0.717) is 11.8 Å². The van der Waals surface area contributed by atoms with Crippen LogP contribution in [0.1, 0.15) is 17.5 Å². The third-order valence-electron chi connectivity index (χ3n) is 5.05. The number of hydrogen-bond acceptors (Lipinski definition) is 0. The number of fused-ring (bicyclic) bond motifs is 2. The van der Waals surface area contributed by atoms with Crippen molar-refractivity contribution in [2.75, 3.05) is 0 Å². The molecule has 0 amide bonds. The quantitative estimate of drug-likeness (QED) is 0.683. The van der Waals surface area contributed by atoms with E-state index in [4.69, 9.17) is 0 Å². The first-order chi connectivity index (χ1) is 9.83. The minimum atomic E-state index is -0.0259. The lowest BCUT2D eigenvalue weighted by atomic mass is 9.64. The third kappa shape index (κ3) is 1.37. The molecule has 2 aliphatic carbocycles. The fourth-order valence-electron chi connectivity index (χ4n) is 4.18. The molecule has 0 aliphatic heterocycles. The summed E-state index contributed by atoms with van der Waals surface area (Å²) in [4.78, 5) is 0. The Morgan fingerprint density at radius 2 is 1.35 bits per heavy atom. The molecule has 0 unspecified atom stereocenters.